The zero-order chi connectivity index (χ0) is 18.6. The van der Waals surface area contributed by atoms with E-state index in [4.69, 9.17) is 9.26 Å². The first-order chi connectivity index (χ1) is 12.5. The fourth-order valence-electron chi connectivity index (χ4n) is 2.94. The molecule has 1 atom stereocenters. The van der Waals surface area contributed by atoms with Crippen molar-refractivity contribution in [3.8, 4) is 11.5 Å². The molecular weight excluding hydrogens is 354 g/mol. The smallest absolute Gasteiger partial charge is 0.257 e. The Kier molecular flexibility index (Phi) is 6.05. The van der Waals surface area contributed by atoms with E-state index in [9.17, 15) is 8.42 Å². The monoisotopic (exact) mass is 379 g/mol. The van der Waals surface area contributed by atoms with E-state index in [2.05, 4.69) is 10.1 Å². The van der Waals surface area contributed by atoms with Gasteiger partial charge in [0, 0.05) is 25.1 Å². The van der Waals surface area contributed by atoms with Crippen molar-refractivity contribution in [2.75, 3.05) is 19.7 Å². The molecule has 0 N–H and O–H groups in total. The number of sulfonamides is 1. The highest BCUT2D eigenvalue weighted by Crippen LogP contribution is 2.20. The molecule has 2 heterocycles. The second kappa shape index (κ2) is 8.28. The van der Waals surface area contributed by atoms with Crippen LogP contribution in [0.1, 0.15) is 32.5 Å². The number of benzene rings is 1. The second-order valence-electron chi connectivity index (χ2n) is 6.72. The summed E-state index contributed by atoms with van der Waals surface area (Å²) in [5.74, 6) is 1.08. The van der Waals surface area contributed by atoms with E-state index in [1.165, 1.54) is 0 Å². The molecule has 142 valence electrons. The lowest BCUT2D eigenvalue weighted by Crippen LogP contribution is -2.45. The van der Waals surface area contributed by atoms with Gasteiger partial charge in [-0.2, -0.15) is 9.29 Å². The summed E-state index contributed by atoms with van der Waals surface area (Å²) in [5.41, 5.74) is 0.883. The van der Waals surface area contributed by atoms with Gasteiger partial charge < -0.3 is 9.26 Å². The van der Waals surface area contributed by atoms with Gasteiger partial charge in [0.1, 0.15) is 0 Å². The molecule has 1 aromatic heterocycles. The number of hydrogen-bond donors (Lipinski definition) is 0. The molecule has 2 aromatic rings. The number of aromatic nitrogens is 2. The van der Waals surface area contributed by atoms with Gasteiger partial charge in [-0.3, -0.25) is 0 Å². The summed E-state index contributed by atoms with van der Waals surface area (Å²) in [7, 11) is -3.22. The minimum atomic E-state index is -3.22. The van der Waals surface area contributed by atoms with E-state index in [1.54, 1.807) is 18.2 Å². The number of ether oxygens (including phenoxy) is 1. The first kappa shape index (κ1) is 19.0. The molecule has 0 amide bonds. The van der Waals surface area contributed by atoms with Gasteiger partial charge in [0.15, 0.2) is 5.82 Å². The largest absolute Gasteiger partial charge is 0.376 e. The quantitative estimate of drug-likeness (QED) is 0.735. The van der Waals surface area contributed by atoms with Crippen LogP contribution in [-0.2, 0) is 21.2 Å². The SMILES string of the molecule is CC(C)S(=O)(=O)N1CCCC(OCCc2noc(-c3ccccc3)n2)C1. The zero-order valence-electron chi connectivity index (χ0n) is 15.2. The number of rotatable bonds is 7. The molecule has 1 aliphatic heterocycles. The van der Waals surface area contributed by atoms with Crippen LogP contribution in [0.4, 0.5) is 0 Å². The lowest BCUT2D eigenvalue weighted by atomic mass is 10.1. The summed E-state index contributed by atoms with van der Waals surface area (Å²) in [6.07, 6.45) is 2.13. The molecular formula is C18H25N3O4S. The molecule has 26 heavy (non-hydrogen) atoms. The Morgan fingerprint density at radius 1 is 1.31 bits per heavy atom. The lowest BCUT2D eigenvalue weighted by Gasteiger charge is -2.32. The molecule has 3 rings (SSSR count). The highest BCUT2D eigenvalue weighted by molar-refractivity contribution is 7.89. The highest BCUT2D eigenvalue weighted by Gasteiger charge is 2.31. The average Bonchev–Trinajstić information content (AvgIpc) is 3.11. The lowest BCUT2D eigenvalue weighted by molar-refractivity contribution is 0.0197. The minimum absolute atomic E-state index is 0.0854. The predicted molar refractivity (Wildman–Crippen MR) is 98.0 cm³/mol. The third kappa shape index (κ3) is 4.49. The average molecular weight is 379 g/mol. The Bertz CT molecular complexity index is 805. The van der Waals surface area contributed by atoms with Crippen molar-refractivity contribution < 1.29 is 17.7 Å². The van der Waals surface area contributed by atoms with Gasteiger partial charge in [-0.1, -0.05) is 23.4 Å². The second-order valence-corrected chi connectivity index (χ2v) is 9.21. The molecule has 0 radical (unpaired) electrons. The summed E-state index contributed by atoms with van der Waals surface area (Å²) >= 11 is 0. The van der Waals surface area contributed by atoms with Crippen LogP contribution in [-0.4, -0.2) is 53.9 Å². The molecule has 1 aliphatic rings. The van der Waals surface area contributed by atoms with Crippen LogP contribution in [0.25, 0.3) is 11.5 Å². The standard InChI is InChI=1S/C18H25N3O4S/c1-14(2)26(22,23)21-11-6-9-16(13-21)24-12-10-17-19-18(25-20-17)15-7-4-3-5-8-15/h3-5,7-8,14,16H,6,9-13H2,1-2H3. The molecule has 1 aromatic carbocycles. The van der Waals surface area contributed by atoms with Crippen LogP contribution in [0.3, 0.4) is 0 Å². The van der Waals surface area contributed by atoms with Crippen LogP contribution in [0.15, 0.2) is 34.9 Å². The number of hydrogen-bond acceptors (Lipinski definition) is 6. The van der Waals surface area contributed by atoms with Gasteiger partial charge in [-0.15, -0.1) is 0 Å². The zero-order valence-corrected chi connectivity index (χ0v) is 16.0. The van der Waals surface area contributed by atoms with Gasteiger partial charge in [-0.25, -0.2) is 8.42 Å². The first-order valence-corrected chi connectivity index (χ1v) is 10.5. The Balaban J connectivity index is 1.50. The summed E-state index contributed by atoms with van der Waals surface area (Å²) in [6, 6.07) is 9.60. The van der Waals surface area contributed by atoms with Crippen molar-refractivity contribution in [1.29, 1.82) is 0 Å². The molecule has 1 fully saturated rings. The molecule has 0 aliphatic carbocycles. The summed E-state index contributed by atoms with van der Waals surface area (Å²) in [6.45, 7) is 4.85. The van der Waals surface area contributed by atoms with Crippen LogP contribution in [0.2, 0.25) is 0 Å². The van der Waals surface area contributed by atoms with E-state index in [0.717, 1.165) is 18.4 Å². The van der Waals surface area contributed by atoms with E-state index in [1.807, 2.05) is 30.3 Å². The van der Waals surface area contributed by atoms with Crippen molar-refractivity contribution in [2.24, 2.45) is 0 Å². The maximum atomic E-state index is 12.3. The molecule has 8 heteroatoms. The van der Waals surface area contributed by atoms with Gasteiger partial charge in [0.2, 0.25) is 10.0 Å². The van der Waals surface area contributed by atoms with Crippen molar-refractivity contribution in [3.05, 3.63) is 36.2 Å². The molecule has 0 spiro atoms. The maximum absolute atomic E-state index is 12.3. The molecule has 7 nitrogen and oxygen atoms in total. The molecule has 1 unspecified atom stereocenters. The number of nitrogens with zero attached hydrogens (tertiary/aromatic N) is 3. The number of piperidine rings is 1. The Morgan fingerprint density at radius 3 is 2.81 bits per heavy atom. The minimum Gasteiger partial charge on any atom is -0.376 e. The van der Waals surface area contributed by atoms with E-state index in [-0.39, 0.29) is 6.10 Å². The van der Waals surface area contributed by atoms with Crippen molar-refractivity contribution >= 4 is 10.0 Å². The third-order valence-corrected chi connectivity index (χ3v) is 6.71. The van der Waals surface area contributed by atoms with E-state index < -0.39 is 15.3 Å². The Hall–Kier alpha value is -1.77. The van der Waals surface area contributed by atoms with Crippen molar-refractivity contribution in [2.45, 2.75) is 44.5 Å². The fraction of sp³-hybridized carbons (Fsp3) is 0.556. The van der Waals surface area contributed by atoms with Crippen LogP contribution in [0.5, 0.6) is 0 Å². The summed E-state index contributed by atoms with van der Waals surface area (Å²) in [5, 5.41) is 3.57. The van der Waals surface area contributed by atoms with Crippen LogP contribution >= 0.6 is 0 Å². The van der Waals surface area contributed by atoms with Crippen LogP contribution in [0, 0.1) is 0 Å². The van der Waals surface area contributed by atoms with E-state index in [0.29, 0.717) is 37.8 Å². The summed E-state index contributed by atoms with van der Waals surface area (Å²) < 4.78 is 37.3. The normalized spacial score (nSPS) is 19.1. The molecule has 0 bridgehead atoms. The van der Waals surface area contributed by atoms with Gasteiger partial charge >= 0.3 is 0 Å². The first-order valence-electron chi connectivity index (χ1n) is 8.95. The van der Waals surface area contributed by atoms with Crippen molar-refractivity contribution in [1.82, 2.24) is 14.4 Å². The topological polar surface area (TPSA) is 85.5 Å². The highest BCUT2D eigenvalue weighted by atomic mass is 32.2. The van der Waals surface area contributed by atoms with Crippen LogP contribution < -0.4 is 0 Å². The predicted octanol–water partition coefficient (Wildman–Crippen LogP) is 2.50. The maximum Gasteiger partial charge on any atom is 0.257 e. The van der Waals surface area contributed by atoms with Gasteiger partial charge in [0.25, 0.3) is 5.89 Å². The summed E-state index contributed by atoms with van der Waals surface area (Å²) in [4.78, 5) is 4.38. The Labute approximate surface area is 154 Å². The fourth-order valence-corrected chi connectivity index (χ4v) is 4.29. The van der Waals surface area contributed by atoms with Gasteiger partial charge in [-0.05, 0) is 38.8 Å². The van der Waals surface area contributed by atoms with Gasteiger partial charge in [0.05, 0.1) is 18.0 Å². The Morgan fingerprint density at radius 2 is 2.08 bits per heavy atom. The van der Waals surface area contributed by atoms with E-state index >= 15 is 0 Å². The van der Waals surface area contributed by atoms with Crippen molar-refractivity contribution in [3.63, 3.8) is 0 Å². The molecule has 0 saturated carbocycles. The molecule has 1 saturated heterocycles. The third-order valence-electron chi connectivity index (χ3n) is 4.46.